The molecule has 29 heavy (non-hydrogen) atoms. The number of benzene rings is 2. The molecular formula is C22H27N3O4. The standard InChI is InChI=1S/C22H27N3O4/c1-16(21(17-7-5-4-6-8-17)25-11-13-29-14-12-25)23-24-22(26)18-9-10-19(27-2)20(15-18)28-3/h4-10,15,21H,11-14H2,1-3H3,(H,24,26)/b23-16-/t21-/m0/s1. The zero-order valence-electron chi connectivity index (χ0n) is 17.1. The summed E-state index contributed by atoms with van der Waals surface area (Å²) in [5.74, 6) is 0.760. The fourth-order valence-electron chi connectivity index (χ4n) is 3.43. The van der Waals surface area contributed by atoms with Crippen LogP contribution in [0.4, 0.5) is 0 Å². The summed E-state index contributed by atoms with van der Waals surface area (Å²) in [4.78, 5) is 14.9. The highest BCUT2D eigenvalue weighted by molar-refractivity contribution is 5.96. The first kappa shape index (κ1) is 20.8. The van der Waals surface area contributed by atoms with Gasteiger partial charge in [0.15, 0.2) is 11.5 Å². The predicted octanol–water partition coefficient (Wildman–Crippen LogP) is 2.88. The molecular weight excluding hydrogens is 370 g/mol. The second-order valence-corrected chi connectivity index (χ2v) is 6.73. The molecule has 2 aromatic rings. The van der Waals surface area contributed by atoms with Crippen LogP contribution in [0.1, 0.15) is 28.9 Å². The van der Waals surface area contributed by atoms with Crippen LogP contribution in [0.5, 0.6) is 11.5 Å². The number of morpholine rings is 1. The Morgan fingerprint density at radius 3 is 2.41 bits per heavy atom. The van der Waals surface area contributed by atoms with Crippen LogP contribution in [0.15, 0.2) is 53.6 Å². The molecule has 1 atom stereocenters. The van der Waals surface area contributed by atoms with Crippen LogP contribution in [0.25, 0.3) is 0 Å². The van der Waals surface area contributed by atoms with Crippen LogP contribution in [0, 0.1) is 0 Å². The molecule has 7 heteroatoms. The lowest BCUT2D eigenvalue weighted by Gasteiger charge is -2.34. The van der Waals surface area contributed by atoms with Crippen LogP contribution in [-0.4, -0.2) is 57.0 Å². The van der Waals surface area contributed by atoms with Crippen LogP contribution in [-0.2, 0) is 4.74 Å². The Kier molecular flexibility index (Phi) is 7.21. The number of ether oxygens (including phenoxy) is 3. The number of rotatable bonds is 7. The highest BCUT2D eigenvalue weighted by Gasteiger charge is 2.25. The lowest BCUT2D eigenvalue weighted by molar-refractivity contribution is 0.0285. The summed E-state index contributed by atoms with van der Waals surface area (Å²) in [6.07, 6.45) is 0. The van der Waals surface area contributed by atoms with Gasteiger partial charge in [0.1, 0.15) is 0 Å². The van der Waals surface area contributed by atoms with E-state index in [1.165, 1.54) is 7.11 Å². The van der Waals surface area contributed by atoms with Crippen molar-refractivity contribution in [2.24, 2.45) is 5.10 Å². The summed E-state index contributed by atoms with van der Waals surface area (Å²) in [6, 6.07) is 15.2. The lowest BCUT2D eigenvalue weighted by Crippen LogP contribution is -2.42. The Labute approximate surface area is 171 Å². The molecule has 0 aliphatic carbocycles. The summed E-state index contributed by atoms with van der Waals surface area (Å²) < 4.78 is 16.0. The van der Waals surface area contributed by atoms with Gasteiger partial charge >= 0.3 is 0 Å². The number of nitrogens with zero attached hydrogens (tertiary/aromatic N) is 2. The van der Waals surface area contributed by atoms with E-state index in [0.717, 1.165) is 24.4 Å². The highest BCUT2D eigenvalue weighted by atomic mass is 16.5. The van der Waals surface area contributed by atoms with Crippen LogP contribution in [0.2, 0.25) is 0 Å². The molecule has 1 heterocycles. The number of nitrogens with one attached hydrogen (secondary N) is 1. The average Bonchev–Trinajstić information content (AvgIpc) is 2.78. The van der Waals surface area contributed by atoms with Crippen molar-refractivity contribution >= 4 is 11.6 Å². The summed E-state index contributed by atoms with van der Waals surface area (Å²) in [7, 11) is 3.09. The van der Waals surface area contributed by atoms with Gasteiger partial charge in [-0.3, -0.25) is 9.69 Å². The lowest BCUT2D eigenvalue weighted by atomic mass is 10.0. The minimum atomic E-state index is -0.306. The number of amides is 1. The molecule has 1 saturated heterocycles. The van der Waals surface area contributed by atoms with E-state index in [1.807, 2.05) is 25.1 Å². The molecule has 1 aliphatic rings. The van der Waals surface area contributed by atoms with Crippen LogP contribution in [0.3, 0.4) is 0 Å². The van der Waals surface area contributed by atoms with Crippen molar-refractivity contribution < 1.29 is 19.0 Å². The van der Waals surface area contributed by atoms with Crippen molar-refractivity contribution in [3.05, 3.63) is 59.7 Å². The van der Waals surface area contributed by atoms with Gasteiger partial charge in [0.25, 0.3) is 5.91 Å². The van der Waals surface area contributed by atoms with Crippen LogP contribution < -0.4 is 14.9 Å². The summed E-state index contributed by atoms with van der Waals surface area (Å²) in [5, 5.41) is 4.41. The summed E-state index contributed by atoms with van der Waals surface area (Å²) in [5.41, 5.74) is 5.06. The third kappa shape index (κ3) is 5.13. The van der Waals surface area contributed by atoms with E-state index >= 15 is 0 Å². The maximum absolute atomic E-state index is 12.6. The molecule has 2 aromatic carbocycles. The Morgan fingerprint density at radius 2 is 1.76 bits per heavy atom. The first-order valence-corrected chi connectivity index (χ1v) is 9.57. The second-order valence-electron chi connectivity index (χ2n) is 6.73. The molecule has 1 fully saturated rings. The van der Waals surface area contributed by atoms with Gasteiger partial charge in [-0.25, -0.2) is 5.43 Å². The molecule has 1 aliphatic heterocycles. The van der Waals surface area contributed by atoms with E-state index in [0.29, 0.717) is 30.3 Å². The van der Waals surface area contributed by atoms with Crippen molar-refractivity contribution in [3.63, 3.8) is 0 Å². The first-order chi connectivity index (χ1) is 14.1. The normalized spacial score (nSPS) is 16.2. The number of carbonyl (C=O) groups is 1. The summed E-state index contributed by atoms with van der Waals surface area (Å²) in [6.45, 7) is 4.94. The van der Waals surface area contributed by atoms with Crippen molar-refractivity contribution in [2.45, 2.75) is 13.0 Å². The first-order valence-electron chi connectivity index (χ1n) is 9.57. The third-order valence-electron chi connectivity index (χ3n) is 4.90. The number of hydrogen-bond donors (Lipinski definition) is 1. The Hall–Kier alpha value is -2.90. The number of methoxy groups -OCH3 is 2. The van der Waals surface area contributed by atoms with Gasteiger partial charge in [0.05, 0.1) is 39.2 Å². The number of carbonyl (C=O) groups excluding carboxylic acids is 1. The van der Waals surface area contributed by atoms with E-state index in [9.17, 15) is 4.79 Å². The monoisotopic (exact) mass is 397 g/mol. The quantitative estimate of drug-likeness (QED) is 0.575. The van der Waals surface area contributed by atoms with Gasteiger partial charge in [-0.2, -0.15) is 5.10 Å². The largest absolute Gasteiger partial charge is 0.493 e. The molecule has 0 spiro atoms. The predicted molar refractivity (Wildman–Crippen MR) is 112 cm³/mol. The Morgan fingerprint density at radius 1 is 1.07 bits per heavy atom. The van der Waals surface area contributed by atoms with E-state index in [-0.39, 0.29) is 11.9 Å². The summed E-state index contributed by atoms with van der Waals surface area (Å²) >= 11 is 0. The maximum Gasteiger partial charge on any atom is 0.271 e. The minimum absolute atomic E-state index is 0.0224. The fourth-order valence-corrected chi connectivity index (χ4v) is 3.43. The van der Waals surface area contributed by atoms with E-state index in [2.05, 4.69) is 27.6 Å². The van der Waals surface area contributed by atoms with Crippen molar-refractivity contribution in [1.29, 1.82) is 0 Å². The topological polar surface area (TPSA) is 72.4 Å². The van der Waals surface area contributed by atoms with Gasteiger partial charge in [-0.1, -0.05) is 30.3 Å². The zero-order chi connectivity index (χ0) is 20.6. The third-order valence-corrected chi connectivity index (χ3v) is 4.90. The molecule has 0 unspecified atom stereocenters. The molecule has 0 bridgehead atoms. The number of hydrazone groups is 1. The van der Waals surface area contributed by atoms with Gasteiger partial charge in [-0.05, 0) is 30.7 Å². The highest BCUT2D eigenvalue weighted by Crippen LogP contribution is 2.27. The molecule has 0 saturated carbocycles. The van der Waals surface area contributed by atoms with Gasteiger partial charge < -0.3 is 14.2 Å². The fraction of sp³-hybridized carbons (Fsp3) is 0.364. The van der Waals surface area contributed by atoms with Crippen LogP contribution >= 0.6 is 0 Å². The number of hydrogen-bond acceptors (Lipinski definition) is 6. The van der Waals surface area contributed by atoms with Gasteiger partial charge in [0.2, 0.25) is 0 Å². The Balaban J connectivity index is 1.79. The molecule has 1 amide bonds. The van der Waals surface area contributed by atoms with Crippen molar-refractivity contribution in [1.82, 2.24) is 10.3 Å². The van der Waals surface area contributed by atoms with E-state index in [1.54, 1.807) is 25.3 Å². The minimum Gasteiger partial charge on any atom is -0.493 e. The zero-order valence-corrected chi connectivity index (χ0v) is 17.1. The van der Waals surface area contributed by atoms with Gasteiger partial charge in [-0.15, -0.1) is 0 Å². The molecule has 154 valence electrons. The molecule has 3 rings (SSSR count). The molecule has 0 radical (unpaired) electrons. The average molecular weight is 397 g/mol. The molecule has 0 aromatic heterocycles. The molecule has 7 nitrogen and oxygen atoms in total. The van der Waals surface area contributed by atoms with Crippen molar-refractivity contribution in [2.75, 3.05) is 40.5 Å². The van der Waals surface area contributed by atoms with Gasteiger partial charge in [0, 0.05) is 18.7 Å². The molecule has 1 N–H and O–H groups in total. The SMILES string of the molecule is COc1ccc(C(=O)N/N=C(/C)[C@@H](c2ccccc2)N2CCOCC2)cc1OC. The smallest absolute Gasteiger partial charge is 0.271 e. The Bertz CT molecular complexity index is 848. The van der Waals surface area contributed by atoms with Crippen molar-refractivity contribution in [3.8, 4) is 11.5 Å². The second kappa shape index (κ2) is 10.0. The van der Waals surface area contributed by atoms with E-state index < -0.39 is 0 Å². The maximum atomic E-state index is 12.6. The van der Waals surface area contributed by atoms with E-state index in [4.69, 9.17) is 14.2 Å².